The number of hydrogen-bond acceptors (Lipinski definition) is 4. The van der Waals surface area contributed by atoms with Crippen LogP contribution in [0.15, 0.2) is 54.2 Å². The first kappa shape index (κ1) is 17.1. The van der Waals surface area contributed by atoms with Crippen molar-refractivity contribution >= 4 is 17.3 Å². The molecule has 0 heterocycles. The van der Waals surface area contributed by atoms with Crippen molar-refractivity contribution in [1.82, 2.24) is 0 Å². The van der Waals surface area contributed by atoms with Crippen LogP contribution >= 0.6 is 0 Å². The van der Waals surface area contributed by atoms with E-state index >= 15 is 0 Å². The van der Waals surface area contributed by atoms with Gasteiger partial charge in [0.1, 0.15) is 17.4 Å². The first-order valence-corrected chi connectivity index (χ1v) is 7.43. The Kier molecular flexibility index (Phi) is 5.58. The summed E-state index contributed by atoms with van der Waals surface area (Å²) in [4.78, 5) is 12.2. The highest BCUT2D eigenvalue weighted by Gasteiger charge is 2.10. The van der Waals surface area contributed by atoms with E-state index in [0.29, 0.717) is 11.4 Å². The molecule has 0 aliphatic heterocycles. The molecular formula is C19H19N3O2. The summed E-state index contributed by atoms with van der Waals surface area (Å²) in [5.74, 6) is 0.223. The molecule has 1 amide bonds. The summed E-state index contributed by atoms with van der Waals surface area (Å²) >= 11 is 0. The Balaban J connectivity index is 2.10. The zero-order valence-corrected chi connectivity index (χ0v) is 13.9. The van der Waals surface area contributed by atoms with Gasteiger partial charge in [-0.3, -0.25) is 4.79 Å². The van der Waals surface area contributed by atoms with E-state index in [1.807, 2.05) is 38.1 Å². The van der Waals surface area contributed by atoms with E-state index in [4.69, 9.17) is 4.74 Å². The third-order valence-corrected chi connectivity index (χ3v) is 3.69. The number of benzene rings is 2. The summed E-state index contributed by atoms with van der Waals surface area (Å²) in [6.45, 7) is 3.99. The van der Waals surface area contributed by atoms with Gasteiger partial charge in [-0.1, -0.05) is 12.1 Å². The maximum atomic E-state index is 12.2. The maximum absolute atomic E-state index is 12.2. The second-order valence-electron chi connectivity index (χ2n) is 5.24. The van der Waals surface area contributed by atoms with Crippen LogP contribution in [0.4, 0.5) is 11.4 Å². The van der Waals surface area contributed by atoms with Crippen molar-refractivity contribution in [3.05, 3.63) is 65.4 Å². The predicted octanol–water partition coefficient (Wildman–Crippen LogP) is 3.77. The van der Waals surface area contributed by atoms with Crippen LogP contribution in [0.2, 0.25) is 0 Å². The number of carbonyl (C=O) groups is 1. The fourth-order valence-electron chi connectivity index (χ4n) is 2.08. The van der Waals surface area contributed by atoms with Crippen LogP contribution in [0, 0.1) is 25.2 Å². The largest absolute Gasteiger partial charge is 0.497 e. The molecule has 0 aliphatic rings. The van der Waals surface area contributed by atoms with Gasteiger partial charge in [-0.25, -0.2) is 0 Å². The number of nitrogens with one attached hydrogen (secondary N) is 2. The summed E-state index contributed by atoms with van der Waals surface area (Å²) in [6.07, 6.45) is 1.42. The third-order valence-electron chi connectivity index (χ3n) is 3.69. The fraction of sp³-hybridized carbons (Fsp3) is 0.158. The monoisotopic (exact) mass is 321 g/mol. The molecule has 2 aromatic carbocycles. The molecule has 0 fully saturated rings. The maximum Gasteiger partial charge on any atom is 0.267 e. The van der Waals surface area contributed by atoms with E-state index in [0.717, 1.165) is 16.8 Å². The highest BCUT2D eigenvalue weighted by Crippen LogP contribution is 2.19. The second kappa shape index (κ2) is 7.84. The smallest absolute Gasteiger partial charge is 0.267 e. The number of anilines is 2. The Morgan fingerprint density at radius 2 is 1.88 bits per heavy atom. The van der Waals surface area contributed by atoms with Crippen molar-refractivity contribution in [1.29, 1.82) is 5.26 Å². The molecular weight excluding hydrogens is 302 g/mol. The van der Waals surface area contributed by atoms with Gasteiger partial charge < -0.3 is 15.4 Å². The topological polar surface area (TPSA) is 74.1 Å². The number of nitrogens with zero attached hydrogens (tertiary/aromatic N) is 1. The molecule has 0 saturated heterocycles. The van der Waals surface area contributed by atoms with Crippen molar-refractivity contribution in [2.45, 2.75) is 13.8 Å². The van der Waals surface area contributed by atoms with E-state index < -0.39 is 5.91 Å². The second-order valence-corrected chi connectivity index (χ2v) is 5.24. The molecule has 0 atom stereocenters. The van der Waals surface area contributed by atoms with Crippen LogP contribution in [0.5, 0.6) is 5.75 Å². The van der Waals surface area contributed by atoms with Gasteiger partial charge in [0.25, 0.3) is 5.91 Å². The zero-order chi connectivity index (χ0) is 17.5. The van der Waals surface area contributed by atoms with Crippen LogP contribution in [-0.2, 0) is 4.79 Å². The molecule has 2 rings (SSSR count). The average Bonchev–Trinajstić information content (AvgIpc) is 2.59. The van der Waals surface area contributed by atoms with Crippen molar-refractivity contribution in [3.8, 4) is 11.8 Å². The van der Waals surface area contributed by atoms with Crippen LogP contribution in [0.25, 0.3) is 0 Å². The van der Waals surface area contributed by atoms with Crippen molar-refractivity contribution in [2.24, 2.45) is 0 Å². The highest BCUT2D eigenvalue weighted by atomic mass is 16.5. The van der Waals surface area contributed by atoms with Gasteiger partial charge in [-0.05, 0) is 55.3 Å². The van der Waals surface area contributed by atoms with Gasteiger partial charge in [-0.2, -0.15) is 5.26 Å². The minimum absolute atomic E-state index is 0.00766. The summed E-state index contributed by atoms with van der Waals surface area (Å²) in [7, 11) is 1.57. The lowest BCUT2D eigenvalue weighted by molar-refractivity contribution is -0.112. The molecule has 0 radical (unpaired) electrons. The first-order valence-electron chi connectivity index (χ1n) is 7.43. The molecule has 0 unspecified atom stereocenters. The van der Waals surface area contributed by atoms with Crippen LogP contribution in [-0.4, -0.2) is 13.0 Å². The van der Waals surface area contributed by atoms with Crippen molar-refractivity contribution < 1.29 is 9.53 Å². The summed E-state index contributed by atoms with van der Waals surface area (Å²) in [5.41, 5.74) is 3.65. The molecule has 0 saturated carbocycles. The number of nitriles is 1. The predicted molar refractivity (Wildman–Crippen MR) is 94.9 cm³/mol. The van der Waals surface area contributed by atoms with Crippen molar-refractivity contribution in [2.75, 3.05) is 17.7 Å². The van der Waals surface area contributed by atoms with Gasteiger partial charge in [0.2, 0.25) is 0 Å². The molecule has 0 spiro atoms. The number of aryl methyl sites for hydroxylation is 1. The van der Waals surface area contributed by atoms with Gasteiger partial charge in [-0.15, -0.1) is 0 Å². The number of carbonyl (C=O) groups excluding carboxylic acids is 1. The molecule has 2 aromatic rings. The SMILES string of the molecule is COc1ccc(NC(=O)/C(C#N)=C\Nc2cccc(C)c2C)cc1. The van der Waals surface area contributed by atoms with E-state index in [-0.39, 0.29) is 5.57 Å². The lowest BCUT2D eigenvalue weighted by atomic mass is 10.1. The lowest BCUT2D eigenvalue weighted by Gasteiger charge is -2.09. The van der Waals surface area contributed by atoms with E-state index in [9.17, 15) is 10.1 Å². The van der Waals surface area contributed by atoms with Gasteiger partial charge in [0.05, 0.1) is 7.11 Å². The fourth-order valence-corrected chi connectivity index (χ4v) is 2.08. The highest BCUT2D eigenvalue weighted by molar-refractivity contribution is 6.06. The number of rotatable bonds is 5. The molecule has 24 heavy (non-hydrogen) atoms. The minimum Gasteiger partial charge on any atom is -0.497 e. The van der Waals surface area contributed by atoms with E-state index in [1.165, 1.54) is 6.20 Å². The lowest BCUT2D eigenvalue weighted by Crippen LogP contribution is -2.14. The summed E-state index contributed by atoms with van der Waals surface area (Å²) < 4.78 is 5.06. The first-order chi connectivity index (χ1) is 11.5. The molecule has 0 bridgehead atoms. The zero-order valence-electron chi connectivity index (χ0n) is 13.9. The van der Waals surface area contributed by atoms with Gasteiger partial charge in [0.15, 0.2) is 0 Å². The standard InChI is InChI=1S/C19H19N3O2/c1-13-5-4-6-18(14(13)2)21-12-15(11-20)19(23)22-16-7-9-17(24-3)10-8-16/h4-10,12,21H,1-3H3,(H,22,23)/b15-12-. The van der Waals surface area contributed by atoms with Crippen LogP contribution in [0.1, 0.15) is 11.1 Å². The normalized spacial score (nSPS) is 10.7. The van der Waals surface area contributed by atoms with Crippen molar-refractivity contribution in [3.63, 3.8) is 0 Å². The third kappa shape index (κ3) is 4.14. The van der Waals surface area contributed by atoms with Crippen LogP contribution < -0.4 is 15.4 Å². The van der Waals surface area contributed by atoms with Crippen LogP contribution in [0.3, 0.4) is 0 Å². The Labute approximate surface area is 141 Å². The summed E-state index contributed by atoms with van der Waals surface area (Å²) in [5, 5.41) is 14.9. The number of ether oxygens (including phenoxy) is 1. The number of hydrogen-bond donors (Lipinski definition) is 2. The molecule has 2 N–H and O–H groups in total. The Hall–Kier alpha value is -3.26. The number of amides is 1. The van der Waals surface area contributed by atoms with Gasteiger partial charge >= 0.3 is 0 Å². The van der Waals surface area contributed by atoms with E-state index in [2.05, 4.69) is 10.6 Å². The molecule has 0 aromatic heterocycles. The Morgan fingerprint density at radius 1 is 1.17 bits per heavy atom. The molecule has 0 aliphatic carbocycles. The summed E-state index contributed by atoms with van der Waals surface area (Å²) in [6, 6.07) is 14.6. The quantitative estimate of drug-likeness (QED) is 0.649. The minimum atomic E-state index is -0.472. The van der Waals surface area contributed by atoms with Gasteiger partial charge in [0, 0.05) is 17.6 Å². The molecule has 122 valence electrons. The Bertz CT molecular complexity index is 802. The molecule has 5 nitrogen and oxygen atoms in total. The Morgan fingerprint density at radius 3 is 2.50 bits per heavy atom. The van der Waals surface area contributed by atoms with E-state index in [1.54, 1.807) is 31.4 Å². The number of methoxy groups -OCH3 is 1. The average molecular weight is 321 g/mol. The molecule has 5 heteroatoms.